The predicted molar refractivity (Wildman–Crippen MR) is 73.4 cm³/mol. The number of aliphatic hydroxyl groups excluding tert-OH is 7. The minimum Gasteiger partial charge on any atom is -0.394 e. The van der Waals surface area contributed by atoms with Crippen molar-refractivity contribution >= 4 is 0 Å². The molecule has 11 heteroatoms. The molecule has 0 aromatic rings. The number of aliphatic hydroxyl groups is 7. The van der Waals surface area contributed by atoms with Gasteiger partial charge in [-0.2, -0.15) is 0 Å². The highest BCUT2D eigenvalue weighted by Gasteiger charge is 2.50. The Morgan fingerprint density at radius 1 is 0.750 bits per heavy atom. The van der Waals surface area contributed by atoms with Crippen molar-refractivity contribution in [1.29, 1.82) is 0 Å². The first-order chi connectivity index (χ1) is 11.3. The van der Waals surface area contributed by atoms with E-state index in [1.54, 1.807) is 0 Å². The van der Waals surface area contributed by atoms with E-state index in [-0.39, 0.29) is 0 Å². The van der Waals surface area contributed by atoms with Gasteiger partial charge in [0.25, 0.3) is 0 Å². The van der Waals surface area contributed by atoms with Crippen LogP contribution in [0, 0.1) is 0 Å². The van der Waals surface area contributed by atoms with Gasteiger partial charge in [-0.25, -0.2) is 0 Å². The molecule has 2 aliphatic rings. The predicted octanol–water partition coefficient (Wildman–Crippen LogP) is -4.74. The number of hydrogen-bond acceptors (Lipinski definition) is 11. The van der Waals surface area contributed by atoms with Gasteiger partial charge >= 0.3 is 0 Å². The van der Waals surface area contributed by atoms with Gasteiger partial charge in [0.15, 0.2) is 12.6 Å². The Hall–Kier alpha value is -0.440. The Bertz CT molecular complexity index is 394. The van der Waals surface area contributed by atoms with Gasteiger partial charge in [-0.1, -0.05) is 0 Å². The molecule has 11 nitrogen and oxygen atoms in total. The van der Waals surface area contributed by atoms with Gasteiger partial charge in [0.05, 0.1) is 13.2 Å². The molecule has 0 radical (unpaired) electrons. The van der Waals surface area contributed by atoms with Crippen LogP contribution in [0.5, 0.6) is 0 Å². The zero-order chi connectivity index (χ0) is 18.0. The van der Waals surface area contributed by atoms with Crippen LogP contribution in [0.4, 0.5) is 0 Å². The molecule has 2 saturated heterocycles. The molecule has 2 aliphatic heterocycles. The molecule has 2 rings (SSSR count). The number of ether oxygens (including phenoxy) is 4. The Morgan fingerprint density at radius 3 is 1.92 bits per heavy atom. The van der Waals surface area contributed by atoms with Crippen LogP contribution in [0.15, 0.2) is 0 Å². The highest BCUT2D eigenvalue weighted by molar-refractivity contribution is 4.94. The SMILES string of the molecule is CO[C@H]1[C@@H](O)[C@@H](CO)O[C@@H](O[C@@H]2[C@H](O)[C@@H](O)[C@H](O)O[C@@H]2CO)[C@@H]1O. The summed E-state index contributed by atoms with van der Waals surface area (Å²) in [6, 6.07) is 0. The van der Waals surface area contributed by atoms with E-state index >= 15 is 0 Å². The van der Waals surface area contributed by atoms with Crippen LogP contribution in [0.1, 0.15) is 0 Å². The summed E-state index contributed by atoms with van der Waals surface area (Å²) in [4.78, 5) is 0. The Labute approximate surface area is 137 Å². The normalized spacial score (nSPS) is 50.0. The minimum atomic E-state index is -1.71. The lowest BCUT2D eigenvalue weighted by atomic mass is 9.97. The van der Waals surface area contributed by atoms with Crippen LogP contribution < -0.4 is 0 Å². The summed E-state index contributed by atoms with van der Waals surface area (Å²) in [5.74, 6) is 0. The van der Waals surface area contributed by atoms with Gasteiger partial charge in [0.1, 0.15) is 48.8 Å². The first-order valence-corrected chi connectivity index (χ1v) is 7.46. The van der Waals surface area contributed by atoms with Crippen molar-refractivity contribution in [3.63, 3.8) is 0 Å². The first kappa shape index (κ1) is 19.9. The van der Waals surface area contributed by atoms with Crippen LogP contribution in [0.3, 0.4) is 0 Å². The smallest absolute Gasteiger partial charge is 0.187 e. The van der Waals surface area contributed by atoms with Crippen LogP contribution in [-0.2, 0) is 18.9 Å². The maximum Gasteiger partial charge on any atom is 0.187 e. The fourth-order valence-electron chi connectivity index (χ4n) is 2.83. The summed E-state index contributed by atoms with van der Waals surface area (Å²) in [5.41, 5.74) is 0. The molecule has 0 saturated carbocycles. The van der Waals surface area contributed by atoms with E-state index in [1.165, 1.54) is 7.11 Å². The zero-order valence-electron chi connectivity index (χ0n) is 13.0. The molecule has 0 unspecified atom stereocenters. The maximum absolute atomic E-state index is 10.2. The third-order valence-corrected chi connectivity index (χ3v) is 4.22. The lowest BCUT2D eigenvalue weighted by Crippen LogP contribution is -2.64. The summed E-state index contributed by atoms with van der Waals surface area (Å²) in [5, 5.41) is 67.8. The first-order valence-electron chi connectivity index (χ1n) is 7.46. The van der Waals surface area contributed by atoms with Crippen molar-refractivity contribution in [3.8, 4) is 0 Å². The topological polar surface area (TPSA) is 179 Å². The second-order valence-electron chi connectivity index (χ2n) is 5.74. The van der Waals surface area contributed by atoms with Crippen molar-refractivity contribution in [2.75, 3.05) is 20.3 Å². The molecule has 0 aliphatic carbocycles. The van der Waals surface area contributed by atoms with Gasteiger partial charge in [-0.3, -0.25) is 0 Å². The number of hydrogen-bond donors (Lipinski definition) is 7. The summed E-state index contributed by atoms with van der Waals surface area (Å²) >= 11 is 0. The molecule has 0 amide bonds. The van der Waals surface area contributed by atoms with Gasteiger partial charge in [0, 0.05) is 7.11 Å². The average molecular weight is 356 g/mol. The molecule has 10 atom stereocenters. The van der Waals surface area contributed by atoms with Crippen molar-refractivity contribution < 1.29 is 54.7 Å². The minimum absolute atomic E-state index is 0.581. The van der Waals surface area contributed by atoms with Crippen LogP contribution in [0.25, 0.3) is 0 Å². The van der Waals surface area contributed by atoms with E-state index in [9.17, 15) is 35.7 Å². The van der Waals surface area contributed by atoms with Gasteiger partial charge in [0.2, 0.25) is 0 Å². The molecule has 2 fully saturated rings. The van der Waals surface area contributed by atoms with Crippen molar-refractivity contribution in [2.24, 2.45) is 0 Å². The fraction of sp³-hybridized carbons (Fsp3) is 1.00. The Kier molecular flexibility index (Phi) is 6.87. The summed E-state index contributed by atoms with van der Waals surface area (Å²) in [7, 11) is 1.24. The molecule has 0 spiro atoms. The summed E-state index contributed by atoms with van der Waals surface area (Å²) in [6.07, 6.45) is -14.1. The molecular weight excluding hydrogens is 332 g/mol. The summed E-state index contributed by atoms with van der Waals surface area (Å²) in [6.45, 7) is -1.23. The van der Waals surface area contributed by atoms with Crippen molar-refractivity contribution in [2.45, 2.75) is 61.4 Å². The lowest BCUT2D eigenvalue weighted by molar-refractivity contribution is -0.356. The molecule has 0 aromatic heterocycles. The largest absolute Gasteiger partial charge is 0.394 e. The molecule has 2 heterocycles. The van der Waals surface area contributed by atoms with E-state index < -0.39 is 74.6 Å². The second-order valence-corrected chi connectivity index (χ2v) is 5.74. The third-order valence-electron chi connectivity index (χ3n) is 4.22. The number of methoxy groups -OCH3 is 1. The Balaban J connectivity index is 2.14. The summed E-state index contributed by atoms with van der Waals surface area (Å²) < 4.78 is 20.6. The van der Waals surface area contributed by atoms with Gasteiger partial charge < -0.3 is 54.7 Å². The molecular formula is C13H24O11. The average Bonchev–Trinajstić information content (AvgIpc) is 2.57. The fourth-order valence-corrected chi connectivity index (χ4v) is 2.83. The highest BCUT2D eigenvalue weighted by Crippen LogP contribution is 2.29. The van der Waals surface area contributed by atoms with Crippen LogP contribution in [0.2, 0.25) is 0 Å². The molecule has 24 heavy (non-hydrogen) atoms. The van der Waals surface area contributed by atoms with Crippen molar-refractivity contribution in [3.05, 3.63) is 0 Å². The molecule has 142 valence electrons. The quantitative estimate of drug-likeness (QED) is 0.251. The molecule has 0 bridgehead atoms. The number of rotatable bonds is 5. The molecule has 0 aromatic carbocycles. The lowest BCUT2D eigenvalue weighted by Gasteiger charge is -2.45. The van der Waals surface area contributed by atoms with Gasteiger partial charge in [-0.05, 0) is 0 Å². The van der Waals surface area contributed by atoms with E-state index in [2.05, 4.69) is 0 Å². The Morgan fingerprint density at radius 2 is 1.38 bits per heavy atom. The van der Waals surface area contributed by atoms with Crippen molar-refractivity contribution in [1.82, 2.24) is 0 Å². The van der Waals surface area contributed by atoms with E-state index in [0.29, 0.717) is 0 Å². The van der Waals surface area contributed by atoms with E-state index in [0.717, 1.165) is 0 Å². The highest BCUT2D eigenvalue weighted by atomic mass is 16.7. The second kappa shape index (κ2) is 8.29. The monoisotopic (exact) mass is 356 g/mol. The van der Waals surface area contributed by atoms with Crippen LogP contribution >= 0.6 is 0 Å². The maximum atomic E-state index is 10.2. The standard InChI is InChI=1S/C13H24O11/c1-21-11-6(16)4(2-14)23-13(9(11)19)24-10-5(3-15)22-12(20)8(18)7(10)17/h4-20H,2-3H2,1H3/t4-,5-,6+,7-,8-,9-,10+,11+,12-,13+/m1/s1. The van der Waals surface area contributed by atoms with Crippen LogP contribution in [-0.4, -0.2) is 117 Å². The van der Waals surface area contributed by atoms with Gasteiger partial charge in [-0.15, -0.1) is 0 Å². The molecule has 7 N–H and O–H groups in total. The zero-order valence-corrected chi connectivity index (χ0v) is 13.0. The third kappa shape index (κ3) is 3.71. The van der Waals surface area contributed by atoms with E-state index in [4.69, 9.17) is 18.9 Å². The van der Waals surface area contributed by atoms with E-state index in [1.807, 2.05) is 0 Å².